The van der Waals surface area contributed by atoms with Crippen LogP contribution in [0, 0.1) is 0 Å². The number of nitrogens with zero attached hydrogens (tertiary/aromatic N) is 1. The van der Waals surface area contributed by atoms with Crippen molar-refractivity contribution in [3.05, 3.63) is 36.4 Å². The minimum absolute atomic E-state index is 0.882. The van der Waals surface area contributed by atoms with Gasteiger partial charge in [-0.05, 0) is 31.8 Å². The Balaban J connectivity index is 2.88. The van der Waals surface area contributed by atoms with Gasteiger partial charge in [0.15, 0.2) is 0 Å². The minimum Gasteiger partial charge on any atom is -0.328 e. The molecular weight excluding hydrogens is 186 g/mol. The maximum Gasteiger partial charge on any atom is 0.140 e. The number of hydrogen-bond acceptors (Lipinski definition) is 1. The van der Waals surface area contributed by atoms with Crippen molar-refractivity contribution in [2.24, 2.45) is 0 Å². The highest BCUT2D eigenvalue weighted by Crippen LogP contribution is 2.09. The summed E-state index contributed by atoms with van der Waals surface area (Å²) in [5.74, 6) is 0. The summed E-state index contributed by atoms with van der Waals surface area (Å²) in [6.07, 6.45) is 0. The molecule has 0 saturated heterocycles. The molecule has 0 amide bonds. The van der Waals surface area contributed by atoms with Crippen molar-refractivity contribution in [2.75, 3.05) is 14.1 Å². The molecule has 1 nitrogen and oxygen atoms in total. The second kappa shape index (κ2) is 4.58. The lowest BCUT2D eigenvalue weighted by Gasteiger charge is -2.18. The van der Waals surface area contributed by atoms with Crippen molar-refractivity contribution >= 4 is 19.7 Å². The van der Waals surface area contributed by atoms with Gasteiger partial charge in [0.2, 0.25) is 0 Å². The molecule has 0 heterocycles. The van der Waals surface area contributed by atoms with Gasteiger partial charge in [0, 0.05) is 0 Å². The first-order valence-corrected chi connectivity index (χ1v) is 7.19. The summed E-state index contributed by atoms with van der Waals surface area (Å²) in [4.78, 5) is 0. The topological polar surface area (TPSA) is 3.24 Å². The molecule has 0 radical (unpaired) electrons. The smallest absolute Gasteiger partial charge is 0.140 e. The number of hydrogen-bond donors (Lipinski definition) is 0. The second-order valence-electron chi connectivity index (χ2n) is 4.04. The fourth-order valence-electron chi connectivity index (χ4n) is 1.34. The van der Waals surface area contributed by atoms with E-state index in [9.17, 15) is 0 Å². The standard InChI is InChI=1S/C12H19NSi/c1-10(2)11-6-8-12(9-7-11)14(5)13(3)4/h6-9,14H,1H2,2-5H3. The summed E-state index contributed by atoms with van der Waals surface area (Å²) in [6.45, 7) is 8.32. The van der Waals surface area contributed by atoms with Gasteiger partial charge in [-0.25, -0.2) is 0 Å². The Hall–Kier alpha value is -0.863. The van der Waals surface area contributed by atoms with E-state index in [-0.39, 0.29) is 0 Å². The van der Waals surface area contributed by atoms with Gasteiger partial charge in [0.25, 0.3) is 0 Å². The molecule has 14 heavy (non-hydrogen) atoms. The summed E-state index contributed by atoms with van der Waals surface area (Å²) in [6, 6.07) is 8.82. The molecule has 0 aliphatic carbocycles. The van der Waals surface area contributed by atoms with E-state index in [1.165, 1.54) is 10.8 Å². The van der Waals surface area contributed by atoms with Crippen LogP contribution in [0.15, 0.2) is 30.8 Å². The van der Waals surface area contributed by atoms with E-state index < -0.39 is 8.96 Å². The number of allylic oxidation sites excluding steroid dienone is 1. The van der Waals surface area contributed by atoms with E-state index in [1.54, 1.807) is 0 Å². The molecule has 1 atom stereocenters. The van der Waals surface area contributed by atoms with E-state index in [0.29, 0.717) is 0 Å². The van der Waals surface area contributed by atoms with Crippen LogP contribution in [0.5, 0.6) is 0 Å². The van der Waals surface area contributed by atoms with Crippen LogP contribution in [0.1, 0.15) is 12.5 Å². The van der Waals surface area contributed by atoms with Gasteiger partial charge in [-0.1, -0.05) is 43.0 Å². The van der Waals surface area contributed by atoms with Crippen molar-refractivity contribution < 1.29 is 0 Å². The van der Waals surface area contributed by atoms with Gasteiger partial charge < -0.3 is 4.57 Å². The molecule has 0 N–H and O–H groups in total. The maximum absolute atomic E-state index is 3.94. The highest BCUT2D eigenvalue weighted by atomic mass is 28.3. The highest BCUT2D eigenvalue weighted by molar-refractivity contribution is 6.69. The van der Waals surface area contributed by atoms with Gasteiger partial charge in [0.1, 0.15) is 8.96 Å². The van der Waals surface area contributed by atoms with Gasteiger partial charge in [-0.3, -0.25) is 0 Å². The zero-order valence-electron chi connectivity index (χ0n) is 9.54. The first-order valence-electron chi connectivity index (χ1n) is 4.94. The first kappa shape index (κ1) is 11.2. The molecule has 1 aromatic carbocycles. The molecule has 0 aliphatic rings. The van der Waals surface area contributed by atoms with E-state index in [4.69, 9.17) is 0 Å². The molecule has 0 bridgehead atoms. The minimum atomic E-state index is -0.882. The highest BCUT2D eigenvalue weighted by Gasteiger charge is 2.09. The number of benzene rings is 1. The third-order valence-corrected chi connectivity index (χ3v) is 5.56. The van der Waals surface area contributed by atoms with Crippen LogP contribution in [0.25, 0.3) is 5.57 Å². The van der Waals surface area contributed by atoms with Crippen LogP contribution < -0.4 is 5.19 Å². The van der Waals surface area contributed by atoms with Crippen LogP contribution >= 0.6 is 0 Å². The van der Waals surface area contributed by atoms with Crippen molar-refractivity contribution in [2.45, 2.75) is 13.5 Å². The fraction of sp³-hybridized carbons (Fsp3) is 0.333. The van der Waals surface area contributed by atoms with Gasteiger partial charge in [-0.15, -0.1) is 0 Å². The molecule has 2 heteroatoms. The molecule has 1 unspecified atom stereocenters. The average Bonchev–Trinajstić information content (AvgIpc) is 2.16. The van der Waals surface area contributed by atoms with Crippen LogP contribution in [-0.2, 0) is 0 Å². The largest absolute Gasteiger partial charge is 0.328 e. The maximum atomic E-state index is 3.94. The lowest BCUT2D eigenvalue weighted by Crippen LogP contribution is -2.40. The zero-order valence-corrected chi connectivity index (χ0v) is 10.7. The molecule has 1 rings (SSSR count). The van der Waals surface area contributed by atoms with Crippen LogP contribution in [0.2, 0.25) is 6.55 Å². The lowest BCUT2D eigenvalue weighted by molar-refractivity contribution is 0.653. The fourth-order valence-corrected chi connectivity index (χ4v) is 2.69. The molecule has 76 valence electrons. The normalized spacial score (nSPS) is 12.9. The molecule has 0 spiro atoms. The summed E-state index contributed by atoms with van der Waals surface area (Å²) in [7, 11) is 3.43. The van der Waals surface area contributed by atoms with E-state index in [1.807, 2.05) is 6.92 Å². The number of rotatable bonds is 3. The Bertz CT molecular complexity index is 314. The van der Waals surface area contributed by atoms with Crippen LogP contribution in [0.4, 0.5) is 0 Å². The van der Waals surface area contributed by atoms with Crippen LogP contribution in [0.3, 0.4) is 0 Å². The van der Waals surface area contributed by atoms with E-state index >= 15 is 0 Å². The Morgan fingerprint density at radius 3 is 2.07 bits per heavy atom. The SMILES string of the molecule is C=C(C)c1ccc([SiH](C)N(C)C)cc1. The molecule has 0 saturated carbocycles. The third-order valence-electron chi connectivity index (χ3n) is 2.66. The molecule has 1 aromatic rings. The Morgan fingerprint density at radius 2 is 1.71 bits per heavy atom. The third kappa shape index (κ3) is 2.56. The van der Waals surface area contributed by atoms with Crippen molar-refractivity contribution in [1.29, 1.82) is 0 Å². The monoisotopic (exact) mass is 205 g/mol. The van der Waals surface area contributed by atoms with E-state index in [0.717, 1.165) is 5.57 Å². The van der Waals surface area contributed by atoms with Gasteiger partial charge in [0.05, 0.1) is 0 Å². The van der Waals surface area contributed by atoms with Crippen molar-refractivity contribution in [1.82, 2.24) is 4.57 Å². The molecule has 0 aliphatic heterocycles. The van der Waals surface area contributed by atoms with Crippen molar-refractivity contribution in [3.63, 3.8) is 0 Å². The molecule has 0 fully saturated rings. The lowest BCUT2D eigenvalue weighted by atomic mass is 10.1. The van der Waals surface area contributed by atoms with Crippen LogP contribution in [-0.4, -0.2) is 27.6 Å². The van der Waals surface area contributed by atoms with Gasteiger partial charge >= 0.3 is 0 Å². The average molecular weight is 205 g/mol. The Kier molecular flexibility index (Phi) is 3.67. The summed E-state index contributed by atoms with van der Waals surface area (Å²) in [5, 5.41) is 1.49. The first-order chi connectivity index (χ1) is 6.52. The summed E-state index contributed by atoms with van der Waals surface area (Å²) < 4.78 is 2.34. The zero-order chi connectivity index (χ0) is 10.7. The predicted octanol–water partition coefficient (Wildman–Crippen LogP) is 1.84. The Labute approximate surface area is 88.7 Å². The van der Waals surface area contributed by atoms with Gasteiger partial charge in [-0.2, -0.15) is 0 Å². The van der Waals surface area contributed by atoms with E-state index in [2.05, 4.69) is 56.1 Å². The second-order valence-corrected chi connectivity index (χ2v) is 7.09. The Morgan fingerprint density at radius 1 is 1.21 bits per heavy atom. The quantitative estimate of drug-likeness (QED) is 0.681. The van der Waals surface area contributed by atoms with Crippen molar-refractivity contribution in [3.8, 4) is 0 Å². The summed E-state index contributed by atoms with van der Waals surface area (Å²) >= 11 is 0. The predicted molar refractivity (Wildman–Crippen MR) is 67.5 cm³/mol. The molecular formula is C12H19NSi. The summed E-state index contributed by atoms with van der Waals surface area (Å²) in [5.41, 5.74) is 2.38. The molecule has 0 aromatic heterocycles.